The Bertz CT molecular complexity index is 674. The maximum Gasteiger partial charge on any atom is 0.235 e. The normalized spacial score (nSPS) is 24.9. The standard InChI is InChI=1S/C17H25N3O3S/c1-24(22,23)18-9-17(21)19-16-12-20(11-15(16)14-7-8-14)10-13-5-3-2-4-6-13/h2-6,14-16,18H,7-12H2,1H3,(H,19,21). The average molecular weight is 351 g/mol. The predicted molar refractivity (Wildman–Crippen MR) is 92.7 cm³/mol. The average Bonchev–Trinajstić information content (AvgIpc) is 3.29. The van der Waals surface area contributed by atoms with Crippen LogP contribution in [0.25, 0.3) is 0 Å². The van der Waals surface area contributed by atoms with Crippen LogP contribution in [0.1, 0.15) is 18.4 Å². The molecular weight excluding hydrogens is 326 g/mol. The summed E-state index contributed by atoms with van der Waals surface area (Å²) in [4.78, 5) is 14.4. The van der Waals surface area contributed by atoms with Crippen LogP contribution >= 0.6 is 0 Å². The Morgan fingerprint density at radius 2 is 1.92 bits per heavy atom. The Kier molecular flexibility index (Phi) is 5.22. The van der Waals surface area contributed by atoms with Crippen molar-refractivity contribution in [2.75, 3.05) is 25.9 Å². The second-order valence-electron chi connectivity index (χ2n) is 6.95. The van der Waals surface area contributed by atoms with Crippen molar-refractivity contribution < 1.29 is 13.2 Å². The lowest BCUT2D eigenvalue weighted by molar-refractivity contribution is -0.120. The highest BCUT2D eigenvalue weighted by Gasteiger charge is 2.42. The van der Waals surface area contributed by atoms with E-state index in [1.807, 2.05) is 18.2 Å². The molecule has 2 atom stereocenters. The molecule has 2 fully saturated rings. The van der Waals surface area contributed by atoms with Crippen LogP contribution in [-0.2, 0) is 21.4 Å². The highest BCUT2D eigenvalue weighted by Crippen LogP contribution is 2.41. The zero-order valence-corrected chi connectivity index (χ0v) is 14.8. The Morgan fingerprint density at radius 3 is 2.54 bits per heavy atom. The SMILES string of the molecule is CS(=O)(=O)NCC(=O)NC1CN(Cc2ccccc2)CC1C1CC1. The highest BCUT2D eigenvalue weighted by atomic mass is 32.2. The number of nitrogens with zero attached hydrogens (tertiary/aromatic N) is 1. The van der Waals surface area contributed by atoms with Crippen LogP contribution < -0.4 is 10.0 Å². The lowest BCUT2D eigenvalue weighted by Crippen LogP contribution is -2.45. The number of carbonyl (C=O) groups is 1. The Morgan fingerprint density at radius 1 is 1.21 bits per heavy atom. The van der Waals surface area contributed by atoms with E-state index in [1.54, 1.807) is 0 Å². The van der Waals surface area contributed by atoms with Gasteiger partial charge >= 0.3 is 0 Å². The fraction of sp³-hybridized carbons (Fsp3) is 0.588. The summed E-state index contributed by atoms with van der Waals surface area (Å²) in [5.41, 5.74) is 1.28. The molecule has 0 aromatic heterocycles. The van der Waals surface area contributed by atoms with Crippen molar-refractivity contribution in [3.05, 3.63) is 35.9 Å². The molecule has 0 radical (unpaired) electrons. The lowest BCUT2D eigenvalue weighted by atomic mass is 9.98. The molecular formula is C17H25N3O3S. The van der Waals surface area contributed by atoms with E-state index in [1.165, 1.54) is 18.4 Å². The fourth-order valence-electron chi connectivity index (χ4n) is 3.49. The van der Waals surface area contributed by atoms with Crippen LogP contribution in [0.3, 0.4) is 0 Å². The first-order valence-corrected chi connectivity index (χ1v) is 10.3. The molecule has 1 saturated carbocycles. The lowest BCUT2D eigenvalue weighted by Gasteiger charge is -2.19. The third kappa shape index (κ3) is 5.03. The van der Waals surface area contributed by atoms with Gasteiger partial charge in [-0.2, -0.15) is 0 Å². The molecule has 2 aliphatic rings. The topological polar surface area (TPSA) is 78.5 Å². The maximum absolute atomic E-state index is 12.0. The van der Waals surface area contributed by atoms with Crippen molar-refractivity contribution in [2.45, 2.75) is 25.4 Å². The van der Waals surface area contributed by atoms with Crippen molar-refractivity contribution in [3.8, 4) is 0 Å². The smallest absolute Gasteiger partial charge is 0.235 e. The first-order chi connectivity index (χ1) is 11.4. The molecule has 1 saturated heterocycles. The van der Waals surface area contributed by atoms with E-state index >= 15 is 0 Å². The first-order valence-electron chi connectivity index (χ1n) is 8.41. The van der Waals surface area contributed by atoms with Gasteiger partial charge in [-0.05, 0) is 30.2 Å². The molecule has 0 spiro atoms. The molecule has 6 nitrogen and oxygen atoms in total. The van der Waals surface area contributed by atoms with E-state index in [2.05, 4.69) is 27.1 Å². The monoisotopic (exact) mass is 351 g/mol. The molecule has 2 unspecified atom stereocenters. The molecule has 132 valence electrons. The predicted octanol–water partition coefficient (Wildman–Crippen LogP) is 0.562. The van der Waals surface area contributed by atoms with Crippen LogP contribution in [0.4, 0.5) is 0 Å². The molecule has 1 aromatic rings. The summed E-state index contributed by atoms with van der Waals surface area (Å²) in [6.45, 7) is 2.51. The number of hydrogen-bond donors (Lipinski definition) is 2. The third-order valence-electron chi connectivity index (χ3n) is 4.76. The molecule has 2 N–H and O–H groups in total. The van der Waals surface area contributed by atoms with Crippen molar-refractivity contribution in [3.63, 3.8) is 0 Å². The van der Waals surface area contributed by atoms with Crippen molar-refractivity contribution in [1.29, 1.82) is 0 Å². The number of nitrogens with one attached hydrogen (secondary N) is 2. The molecule has 0 bridgehead atoms. The van der Waals surface area contributed by atoms with Crippen molar-refractivity contribution in [1.82, 2.24) is 14.9 Å². The van der Waals surface area contributed by atoms with Crippen molar-refractivity contribution in [2.24, 2.45) is 11.8 Å². The van der Waals surface area contributed by atoms with Gasteiger partial charge in [0.25, 0.3) is 0 Å². The minimum absolute atomic E-state index is 0.107. The Balaban J connectivity index is 1.56. The van der Waals surface area contributed by atoms with Crippen LogP contribution in [0.2, 0.25) is 0 Å². The molecule has 1 amide bonds. The quantitative estimate of drug-likeness (QED) is 0.753. The van der Waals surface area contributed by atoms with E-state index in [-0.39, 0.29) is 18.5 Å². The summed E-state index contributed by atoms with van der Waals surface area (Å²) < 4.78 is 24.5. The van der Waals surface area contributed by atoms with E-state index in [0.29, 0.717) is 11.8 Å². The zero-order chi connectivity index (χ0) is 17.2. The summed E-state index contributed by atoms with van der Waals surface area (Å²) in [6, 6.07) is 10.4. The molecule has 1 aliphatic heterocycles. The first kappa shape index (κ1) is 17.4. The molecule has 24 heavy (non-hydrogen) atoms. The Hall–Kier alpha value is -1.44. The van der Waals surface area contributed by atoms with Gasteiger partial charge in [0.15, 0.2) is 0 Å². The second-order valence-corrected chi connectivity index (χ2v) is 8.78. The van der Waals surface area contributed by atoms with Crippen molar-refractivity contribution >= 4 is 15.9 Å². The van der Waals surface area contributed by atoms with Gasteiger partial charge in [-0.1, -0.05) is 30.3 Å². The largest absolute Gasteiger partial charge is 0.351 e. The molecule has 3 rings (SSSR count). The van der Waals surface area contributed by atoms with E-state index in [9.17, 15) is 13.2 Å². The van der Waals surface area contributed by atoms with Crippen LogP contribution in [0.15, 0.2) is 30.3 Å². The summed E-state index contributed by atoms with van der Waals surface area (Å²) in [5, 5.41) is 3.03. The van der Waals surface area contributed by atoms with Crippen LogP contribution in [0.5, 0.6) is 0 Å². The fourth-order valence-corrected chi connectivity index (χ4v) is 3.89. The maximum atomic E-state index is 12.0. The van der Waals surface area contributed by atoms with E-state index < -0.39 is 10.0 Å². The van der Waals surface area contributed by atoms with E-state index in [0.717, 1.165) is 25.9 Å². The number of likely N-dealkylation sites (tertiary alicyclic amines) is 1. The number of benzene rings is 1. The third-order valence-corrected chi connectivity index (χ3v) is 5.43. The summed E-state index contributed by atoms with van der Waals surface area (Å²) in [5.74, 6) is 0.910. The van der Waals surface area contributed by atoms with Gasteiger partial charge < -0.3 is 5.32 Å². The second kappa shape index (κ2) is 7.21. The summed E-state index contributed by atoms with van der Waals surface area (Å²) in [6.07, 6.45) is 3.53. The number of hydrogen-bond acceptors (Lipinski definition) is 4. The number of carbonyl (C=O) groups excluding carboxylic acids is 1. The van der Waals surface area contributed by atoms with Gasteiger partial charge in [-0.25, -0.2) is 13.1 Å². The number of rotatable bonds is 7. The van der Waals surface area contributed by atoms with Gasteiger partial charge in [0.1, 0.15) is 0 Å². The van der Waals surface area contributed by atoms with E-state index in [4.69, 9.17) is 0 Å². The van der Waals surface area contributed by atoms with Gasteiger partial charge in [0.2, 0.25) is 15.9 Å². The zero-order valence-electron chi connectivity index (χ0n) is 13.9. The van der Waals surface area contributed by atoms with Crippen LogP contribution in [-0.4, -0.2) is 51.2 Å². The van der Waals surface area contributed by atoms with Gasteiger partial charge in [0, 0.05) is 25.7 Å². The number of sulfonamides is 1. The molecule has 1 aliphatic carbocycles. The molecule has 7 heteroatoms. The minimum atomic E-state index is -3.34. The molecule has 1 aromatic carbocycles. The Labute approximate surface area is 143 Å². The summed E-state index contributed by atoms with van der Waals surface area (Å²) >= 11 is 0. The highest BCUT2D eigenvalue weighted by molar-refractivity contribution is 7.88. The molecule has 1 heterocycles. The minimum Gasteiger partial charge on any atom is -0.351 e. The van der Waals surface area contributed by atoms with Crippen LogP contribution in [0, 0.1) is 11.8 Å². The van der Waals surface area contributed by atoms with Gasteiger partial charge in [-0.3, -0.25) is 9.69 Å². The number of amides is 1. The van der Waals surface area contributed by atoms with Gasteiger partial charge in [0.05, 0.1) is 12.8 Å². The summed E-state index contributed by atoms with van der Waals surface area (Å²) in [7, 11) is -3.34. The van der Waals surface area contributed by atoms with Gasteiger partial charge in [-0.15, -0.1) is 0 Å².